The van der Waals surface area contributed by atoms with E-state index in [2.05, 4.69) is 48.0 Å². The number of imidazole rings is 1. The Bertz CT molecular complexity index is 293. The molecule has 0 aliphatic carbocycles. The van der Waals surface area contributed by atoms with Crippen molar-refractivity contribution in [2.24, 2.45) is 0 Å². The molecule has 1 aromatic rings. The minimum Gasteiger partial charge on any atom is -0.348 e. The van der Waals surface area contributed by atoms with Crippen LogP contribution in [0.5, 0.6) is 0 Å². The van der Waals surface area contributed by atoms with Crippen molar-refractivity contribution >= 4 is 0 Å². The van der Waals surface area contributed by atoms with Gasteiger partial charge in [0.15, 0.2) is 0 Å². The zero-order chi connectivity index (χ0) is 12.0. The Kier molecular flexibility index (Phi) is 5.49. The Morgan fingerprint density at radius 2 is 2.25 bits per heavy atom. The Morgan fingerprint density at radius 3 is 2.81 bits per heavy atom. The molecule has 0 aliphatic rings. The second kappa shape index (κ2) is 6.66. The van der Waals surface area contributed by atoms with Gasteiger partial charge in [-0.15, -0.1) is 0 Å². The second-order valence-electron chi connectivity index (χ2n) is 4.58. The molecule has 1 aromatic heterocycles. The van der Waals surface area contributed by atoms with E-state index in [1.807, 2.05) is 0 Å². The molecule has 0 fully saturated rings. The molecule has 0 radical (unpaired) electrons. The molecule has 0 bridgehead atoms. The van der Waals surface area contributed by atoms with Crippen LogP contribution in [0.3, 0.4) is 0 Å². The third-order valence-electron chi connectivity index (χ3n) is 2.97. The molecule has 0 saturated heterocycles. The molecule has 0 atom stereocenters. The fourth-order valence-electron chi connectivity index (χ4n) is 1.48. The van der Waals surface area contributed by atoms with E-state index in [1.54, 1.807) is 6.33 Å². The Labute approximate surface area is 98.5 Å². The first-order valence-corrected chi connectivity index (χ1v) is 6.01. The zero-order valence-corrected chi connectivity index (χ0v) is 10.9. The number of nitrogens with one attached hydrogen (secondary N) is 2. The van der Waals surface area contributed by atoms with Crippen LogP contribution in [0.25, 0.3) is 0 Å². The van der Waals surface area contributed by atoms with Gasteiger partial charge in [0, 0.05) is 18.3 Å². The maximum absolute atomic E-state index is 4.25. The molecular formula is C12H24N4. The smallest absolute Gasteiger partial charge is 0.0925 e. The first-order chi connectivity index (χ1) is 7.61. The van der Waals surface area contributed by atoms with Gasteiger partial charge in [-0.25, -0.2) is 4.98 Å². The summed E-state index contributed by atoms with van der Waals surface area (Å²) >= 11 is 0. The van der Waals surface area contributed by atoms with E-state index in [-0.39, 0.29) is 0 Å². The minimum atomic E-state index is 0.633. The van der Waals surface area contributed by atoms with Gasteiger partial charge in [0.2, 0.25) is 0 Å². The molecule has 0 aromatic carbocycles. The lowest BCUT2D eigenvalue weighted by Crippen LogP contribution is -2.29. The van der Waals surface area contributed by atoms with Crippen molar-refractivity contribution in [1.82, 2.24) is 20.2 Å². The maximum Gasteiger partial charge on any atom is 0.0925 e. The van der Waals surface area contributed by atoms with E-state index in [1.165, 1.54) is 6.42 Å². The summed E-state index contributed by atoms with van der Waals surface area (Å²) in [7, 11) is 2.17. The molecule has 0 saturated carbocycles. The zero-order valence-electron chi connectivity index (χ0n) is 10.9. The fraction of sp³-hybridized carbons (Fsp3) is 0.750. The van der Waals surface area contributed by atoms with Crippen molar-refractivity contribution < 1.29 is 0 Å². The quantitative estimate of drug-likeness (QED) is 0.690. The molecule has 4 heteroatoms. The lowest BCUT2D eigenvalue weighted by molar-refractivity contribution is 0.269. The van der Waals surface area contributed by atoms with Crippen LogP contribution >= 0.6 is 0 Å². The number of rotatable bonds is 7. The van der Waals surface area contributed by atoms with Crippen molar-refractivity contribution in [3.63, 3.8) is 0 Å². The van der Waals surface area contributed by atoms with Gasteiger partial charge >= 0.3 is 0 Å². The average Bonchev–Trinajstić information content (AvgIpc) is 2.63. The summed E-state index contributed by atoms with van der Waals surface area (Å²) in [6, 6.07) is 0.633. The van der Waals surface area contributed by atoms with Gasteiger partial charge in [-0.3, -0.25) is 0 Å². The third-order valence-corrected chi connectivity index (χ3v) is 2.97. The van der Waals surface area contributed by atoms with Crippen molar-refractivity contribution in [1.29, 1.82) is 0 Å². The maximum atomic E-state index is 4.25. The average molecular weight is 224 g/mol. The van der Waals surface area contributed by atoms with Gasteiger partial charge in [-0.1, -0.05) is 0 Å². The summed E-state index contributed by atoms with van der Waals surface area (Å²) < 4.78 is 0. The van der Waals surface area contributed by atoms with Crippen LogP contribution < -0.4 is 5.32 Å². The van der Waals surface area contributed by atoms with Gasteiger partial charge < -0.3 is 15.2 Å². The number of aromatic amines is 1. The van der Waals surface area contributed by atoms with E-state index < -0.39 is 0 Å². The summed E-state index contributed by atoms with van der Waals surface area (Å²) in [4.78, 5) is 9.69. The first kappa shape index (κ1) is 13.2. The fourth-order valence-corrected chi connectivity index (χ4v) is 1.48. The van der Waals surface area contributed by atoms with Gasteiger partial charge in [-0.2, -0.15) is 0 Å². The van der Waals surface area contributed by atoms with Crippen LogP contribution in [0.15, 0.2) is 6.33 Å². The normalized spacial score (nSPS) is 11.6. The summed E-state index contributed by atoms with van der Waals surface area (Å²) in [6.07, 6.45) is 2.93. The van der Waals surface area contributed by atoms with Crippen LogP contribution in [-0.2, 0) is 6.54 Å². The SMILES string of the molecule is Cc1[nH]cnc1CNCCCN(C)C(C)C. The summed E-state index contributed by atoms with van der Waals surface area (Å²) in [5.74, 6) is 0. The molecule has 0 amide bonds. The van der Waals surface area contributed by atoms with Crippen molar-refractivity contribution in [2.75, 3.05) is 20.1 Å². The van der Waals surface area contributed by atoms with E-state index in [4.69, 9.17) is 0 Å². The summed E-state index contributed by atoms with van der Waals surface area (Å²) in [6.45, 7) is 9.55. The van der Waals surface area contributed by atoms with Crippen molar-refractivity contribution in [3.8, 4) is 0 Å². The second-order valence-corrected chi connectivity index (χ2v) is 4.58. The number of hydrogen-bond donors (Lipinski definition) is 2. The highest BCUT2D eigenvalue weighted by molar-refractivity contribution is 5.07. The lowest BCUT2D eigenvalue weighted by atomic mass is 10.3. The molecule has 0 unspecified atom stereocenters. The molecule has 92 valence electrons. The number of nitrogens with zero attached hydrogens (tertiary/aromatic N) is 2. The standard InChI is InChI=1S/C12H24N4/c1-10(2)16(4)7-5-6-13-8-12-11(3)14-9-15-12/h9-10,13H,5-8H2,1-4H3,(H,14,15). The number of H-pyrrole nitrogens is 1. The van der Waals surface area contributed by atoms with E-state index in [9.17, 15) is 0 Å². The van der Waals surface area contributed by atoms with Crippen LogP contribution in [0.1, 0.15) is 31.7 Å². The highest BCUT2D eigenvalue weighted by Gasteiger charge is 2.02. The molecule has 4 nitrogen and oxygen atoms in total. The monoisotopic (exact) mass is 224 g/mol. The minimum absolute atomic E-state index is 0.633. The number of aryl methyl sites for hydroxylation is 1. The van der Waals surface area contributed by atoms with Crippen LogP contribution in [-0.4, -0.2) is 41.0 Å². The van der Waals surface area contributed by atoms with Gasteiger partial charge in [0.1, 0.15) is 0 Å². The summed E-state index contributed by atoms with van der Waals surface area (Å²) in [5, 5.41) is 3.41. The molecule has 1 heterocycles. The predicted molar refractivity (Wildman–Crippen MR) is 67.4 cm³/mol. The molecular weight excluding hydrogens is 200 g/mol. The number of aromatic nitrogens is 2. The van der Waals surface area contributed by atoms with Gasteiger partial charge in [0.25, 0.3) is 0 Å². The van der Waals surface area contributed by atoms with E-state index in [0.29, 0.717) is 6.04 Å². The van der Waals surface area contributed by atoms with Gasteiger partial charge in [-0.05, 0) is 47.3 Å². The molecule has 1 rings (SSSR count). The number of hydrogen-bond acceptors (Lipinski definition) is 3. The molecule has 0 spiro atoms. The lowest BCUT2D eigenvalue weighted by Gasteiger charge is -2.20. The predicted octanol–water partition coefficient (Wildman–Crippen LogP) is 1.54. The van der Waals surface area contributed by atoms with Crippen LogP contribution in [0, 0.1) is 6.92 Å². The van der Waals surface area contributed by atoms with Gasteiger partial charge in [0.05, 0.1) is 12.0 Å². The highest BCUT2D eigenvalue weighted by Crippen LogP contribution is 1.99. The highest BCUT2D eigenvalue weighted by atomic mass is 15.1. The topological polar surface area (TPSA) is 44.0 Å². The molecule has 2 N–H and O–H groups in total. The van der Waals surface area contributed by atoms with Crippen molar-refractivity contribution in [3.05, 3.63) is 17.7 Å². The van der Waals surface area contributed by atoms with Crippen LogP contribution in [0.4, 0.5) is 0 Å². The van der Waals surface area contributed by atoms with E-state index in [0.717, 1.165) is 31.0 Å². The third kappa shape index (κ3) is 4.33. The Morgan fingerprint density at radius 1 is 1.50 bits per heavy atom. The van der Waals surface area contributed by atoms with Crippen LogP contribution in [0.2, 0.25) is 0 Å². The Balaban J connectivity index is 2.07. The van der Waals surface area contributed by atoms with Crippen molar-refractivity contribution in [2.45, 2.75) is 39.8 Å². The first-order valence-electron chi connectivity index (χ1n) is 6.01. The summed E-state index contributed by atoms with van der Waals surface area (Å²) in [5.41, 5.74) is 2.28. The van der Waals surface area contributed by atoms with E-state index >= 15 is 0 Å². The Hall–Kier alpha value is -0.870. The largest absolute Gasteiger partial charge is 0.348 e. The molecule has 16 heavy (non-hydrogen) atoms. The molecule has 0 aliphatic heterocycles.